The number of allylic oxidation sites excluding steroid dienone is 7. The van der Waals surface area contributed by atoms with Gasteiger partial charge in [0.2, 0.25) is 0 Å². The van der Waals surface area contributed by atoms with E-state index in [9.17, 15) is 4.79 Å². The first-order valence-corrected chi connectivity index (χ1v) is 7.51. The lowest BCUT2D eigenvalue weighted by molar-refractivity contribution is -0.135. The van der Waals surface area contributed by atoms with Crippen LogP contribution in [-0.4, -0.2) is 13.1 Å². The first-order valence-electron chi connectivity index (χ1n) is 7.51. The number of unbranched alkanes of at least 4 members (excludes halogenated alkanes) is 2. The van der Waals surface area contributed by atoms with Gasteiger partial charge in [-0.2, -0.15) is 0 Å². The zero-order chi connectivity index (χ0) is 16.1. The largest absolute Gasteiger partial charge is 0.465 e. The van der Waals surface area contributed by atoms with E-state index in [4.69, 9.17) is 4.74 Å². The SMILES string of the molecule is C=C(/C=C\C(=C/CCCC)C(=O)OC)CC(/C=C\C)=C/C. The Hall–Kier alpha value is -1.83. The fourth-order valence-electron chi connectivity index (χ4n) is 1.80. The second-order valence-electron chi connectivity index (χ2n) is 4.83. The Bertz CT molecular complexity index is 448. The summed E-state index contributed by atoms with van der Waals surface area (Å²) in [5, 5.41) is 0. The third-order valence-electron chi connectivity index (χ3n) is 3.02. The molecule has 0 fully saturated rings. The number of esters is 1. The number of carbonyl (C=O) groups excluding carboxylic acids is 1. The molecule has 116 valence electrons. The summed E-state index contributed by atoms with van der Waals surface area (Å²) >= 11 is 0. The van der Waals surface area contributed by atoms with E-state index in [0.717, 1.165) is 31.3 Å². The van der Waals surface area contributed by atoms with E-state index < -0.39 is 0 Å². The maximum atomic E-state index is 11.7. The van der Waals surface area contributed by atoms with Gasteiger partial charge in [0.15, 0.2) is 0 Å². The third-order valence-corrected chi connectivity index (χ3v) is 3.02. The molecule has 21 heavy (non-hydrogen) atoms. The van der Waals surface area contributed by atoms with Crippen LogP contribution in [0.3, 0.4) is 0 Å². The predicted octanol–water partition coefficient (Wildman–Crippen LogP) is 5.30. The van der Waals surface area contributed by atoms with Crippen molar-refractivity contribution < 1.29 is 9.53 Å². The number of rotatable bonds is 9. The number of methoxy groups -OCH3 is 1. The summed E-state index contributed by atoms with van der Waals surface area (Å²) in [6.07, 6.45) is 15.6. The molecule has 0 aromatic rings. The topological polar surface area (TPSA) is 26.3 Å². The van der Waals surface area contributed by atoms with Gasteiger partial charge in [-0.3, -0.25) is 0 Å². The first kappa shape index (κ1) is 19.2. The number of hydrogen-bond acceptors (Lipinski definition) is 2. The molecule has 0 aliphatic heterocycles. The summed E-state index contributed by atoms with van der Waals surface area (Å²) in [5.74, 6) is -0.296. The summed E-state index contributed by atoms with van der Waals surface area (Å²) in [7, 11) is 1.41. The van der Waals surface area contributed by atoms with Crippen molar-refractivity contribution in [1.29, 1.82) is 0 Å². The predicted molar refractivity (Wildman–Crippen MR) is 91.1 cm³/mol. The third kappa shape index (κ3) is 8.85. The van der Waals surface area contributed by atoms with Gasteiger partial charge >= 0.3 is 5.97 Å². The highest BCUT2D eigenvalue weighted by Crippen LogP contribution is 2.14. The maximum Gasteiger partial charge on any atom is 0.337 e. The van der Waals surface area contributed by atoms with Crippen LogP contribution in [0.25, 0.3) is 0 Å². The molecule has 2 heteroatoms. The zero-order valence-corrected chi connectivity index (χ0v) is 13.8. The molecule has 0 aliphatic rings. The van der Waals surface area contributed by atoms with Gasteiger partial charge < -0.3 is 4.74 Å². The molecular formula is C19H28O2. The molecule has 0 bridgehead atoms. The Balaban J connectivity index is 4.79. The average molecular weight is 288 g/mol. The van der Waals surface area contributed by atoms with Crippen LogP contribution in [0, 0.1) is 0 Å². The van der Waals surface area contributed by atoms with Crippen molar-refractivity contribution in [2.24, 2.45) is 0 Å². The van der Waals surface area contributed by atoms with Crippen LogP contribution in [0.15, 0.2) is 59.8 Å². The van der Waals surface area contributed by atoms with Crippen LogP contribution in [0.2, 0.25) is 0 Å². The lowest BCUT2D eigenvalue weighted by Gasteiger charge is -2.03. The highest BCUT2D eigenvalue weighted by atomic mass is 16.5. The lowest BCUT2D eigenvalue weighted by atomic mass is 10.0. The summed E-state index contributed by atoms with van der Waals surface area (Å²) in [6.45, 7) is 10.2. The van der Waals surface area contributed by atoms with E-state index in [1.54, 1.807) is 6.08 Å². The first-order chi connectivity index (χ1) is 10.1. The summed E-state index contributed by atoms with van der Waals surface area (Å²) in [4.78, 5) is 11.7. The summed E-state index contributed by atoms with van der Waals surface area (Å²) in [6, 6.07) is 0. The van der Waals surface area contributed by atoms with Gasteiger partial charge in [0, 0.05) is 0 Å². The van der Waals surface area contributed by atoms with Crippen LogP contribution in [0.5, 0.6) is 0 Å². The minimum absolute atomic E-state index is 0.296. The van der Waals surface area contributed by atoms with Crippen molar-refractivity contribution >= 4 is 5.97 Å². The highest BCUT2D eigenvalue weighted by molar-refractivity contribution is 5.91. The molecule has 0 N–H and O–H groups in total. The number of ether oxygens (including phenoxy) is 1. The Kier molecular flexibility index (Phi) is 10.9. The van der Waals surface area contributed by atoms with Crippen LogP contribution in [0.4, 0.5) is 0 Å². The van der Waals surface area contributed by atoms with E-state index in [2.05, 4.69) is 25.7 Å². The van der Waals surface area contributed by atoms with Gasteiger partial charge in [0.05, 0.1) is 12.7 Å². The van der Waals surface area contributed by atoms with Gasteiger partial charge in [0.25, 0.3) is 0 Å². The van der Waals surface area contributed by atoms with Gasteiger partial charge in [-0.1, -0.05) is 62.3 Å². The van der Waals surface area contributed by atoms with Crippen LogP contribution in [0.1, 0.15) is 46.5 Å². The molecule has 0 aromatic carbocycles. The normalized spacial score (nSPS) is 13.1. The van der Waals surface area contributed by atoms with Crippen LogP contribution >= 0.6 is 0 Å². The van der Waals surface area contributed by atoms with E-state index >= 15 is 0 Å². The Morgan fingerprint density at radius 3 is 2.43 bits per heavy atom. The zero-order valence-electron chi connectivity index (χ0n) is 13.8. The molecule has 0 amide bonds. The Morgan fingerprint density at radius 1 is 1.19 bits per heavy atom. The molecule has 0 saturated heterocycles. The summed E-state index contributed by atoms with van der Waals surface area (Å²) < 4.78 is 4.81. The molecule has 0 atom stereocenters. The molecule has 0 spiro atoms. The standard InChI is InChI=1S/C19H28O2/c1-6-9-10-12-18(19(20)21-5)14-13-16(4)15-17(8-3)11-7-2/h7-8,11-14H,4,6,9-10,15H2,1-3,5H3/b11-7-,14-13-,17-8+,18-12+. The lowest BCUT2D eigenvalue weighted by Crippen LogP contribution is -2.02. The molecule has 0 unspecified atom stereocenters. The molecule has 0 rings (SSSR count). The van der Waals surface area contributed by atoms with Crippen molar-refractivity contribution in [2.45, 2.75) is 46.5 Å². The molecule has 0 aliphatic carbocycles. The van der Waals surface area contributed by atoms with Gasteiger partial charge in [-0.15, -0.1) is 0 Å². The molecule has 0 aromatic heterocycles. The molecule has 2 nitrogen and oxygen atoms in total. The summed E-state index contributed by atoms with van der Waals surface area (Å²) in [5.41, 5.74) is 2.77. The van der Waals surface area contributed by atoms with Crippen molar-refractivity contribution in [2.75, 3.05) is 7.11 Å². The van der Waals surface area contributed by atoms with Crippen molar-refractivity contribution in [3.05, 3.63) is 59.8 Å². The molecule has 0 radical (unpaired) electrons. The minimum atomic E-state index is -0.296. The maximum absolute atomic E-state index is 11.7. The van der Waals surface area contributed by atoms with E-state index in [1.165, 1.54) is 12.7 Å². The quantitative estimate of drug-likeness (QED) is 0.249. The van der Waals surface area contributed by atoms with Gasteiger partial charge in [-0.05, 0) is 38.3 Å². The van der Waals surface area contributed by atoms with Crippen LogP contribution < -0.4 is 0 Å². The van der Waals surface area contributed by atoms with Gasteiger partial charge in [-0.25, -0.2) is 4.79 Å². The van der Waals surface area contributed by atoms with Crippen molar-refractivity contribution in [3.8, 4) is 0 Å². The fraction of sp³-hybridized carbons (Fsp3) is 0.421. The van der Waals surface area contributed by atoms with E-state index in [1.807, 2.05) is 32.1 Å². The smallest absolute Gasteiger partial charge is 0.337 e. The van der Waals surface area contributed by atoms with E-state index in [-0.39, 0.29) is 5.97 Å². The fourth-order valence-corrected chi connectivity index (χ4v) is 1.80. The molecule has 0 saturated carbocycles. The minimum Gasteiger partial charge on any atom is -0.465 e. The van der Waals surface area contributed by atoms with Gasteiger partial charge in [0.1, 0.15) is 0 Å². The Morgan fingerprint density at radius 2 is 1.90 bits per heavy atom. The Labute approximate surface area is 129 Å². The highest BCUT2D eigenvalue weighted by Gasteiger charge is 2.05. The van der Waals surface area contributed by atoms with E-state index in [0.29, 0.717) is 5.57 Å². The van der Waals surface area contributed by atoms with Crippen molar-refractivity contribution in [1.82, 2.24) is 0 Å². The monoisotopic (exact) mass is 288 g/mol. The molecule has 0 heterocycles. The van der Waals surface area contributed by atoms with Crippen LogP contribution in [-0.2, 0) is 9.53 Å². The number of carbonyl (C=O) groups is 1. The van der Waals surface area contributed by atoms with Crippen molar-refractivity contribution in [3.63, 3.8) is 0 Å². The molecular weight excluding hydrogens is 260 g/mol. The average Bonchev–Trinajstić information content (AvgIpc) is 2.49. The second-order valence-corrected chi connectivity index (χ2v) is 4.83. The second kappa shape index (κ2) is 12.0. The number of hydrogen-bond donors (Lipinski definition) is 0.